The van der Waals surface area contributed by atoms with Crippen molar-refractivity contribution < 1.29 is 9.59 Å². The summed E-state index contributed by atoms with van der Waals surface area (Å²) in [5.74, 6) is 0.784. The summed E-state index contributed by atoms with van der Waals surface area (Å²) in [5.41, 5.74) is 0.784. The van der Waals surface area contributed by atoms with E-state index >= 15 is 0 Å². The molecule has 1 saturated heterocycles. The van der Waals surface area contributed by atoms with Crippen molar-refractivity contribution in [2.24, 2.45) is 0 Å². The van der Waals surface area contributed by atoms with Gasteiger partial charge in [0.15, 0.2) is 0 Å². The molecule has 2 rings (SSSR count). The Bertz CT molecular complexity index is 484. The molecule has 2 amide bonds. The number of carbonyl (C=O) groups is 2. The predicted octanol–water partition coefficient (Wildman–Crippen LogP) is 1.10. The summed E-state index contributed by atoms with van der Waals surface area (Å²) in [5, 5.41) is 3.00. The second-order valence-corrected chi connectivity index (χ2v) is 4.87. The molecule has 1 aliphatic rings. The predicted molar refractivity (Wildman–Crippen MR) is 77.6 cm³/mol. The summed E-state index contributed by atoms with van der Waals surface area (Å²) in [6.45, 7) is 2.97. The molecule has 1 aromatic heterocycles. The average molecular weight is 276 g/mol. The molecule has 0 unspecified atom stereocenters. The summed E-state index contributed by atoms with van der Waals surface area (Å²) in [7, 11) is 1.78. The molecule has 6 nitrogen and oxygen atoms in total. The second kappa shape index (κ2) is 6.36. The Hall–Kier alpha value is -2.11. The lowest BCUT2D eigenvalue weighted by Gasteiger charge is -2.36. The van der Waals surface area contributed by atoms with Crippen molar-refractivity contribution in [3.63, 3.8) is 0 Å². The highest BCUT2D eigenvalue weighted by molar-refractivity contribution is 5.82. The maximum Gasteiger partial charge on any atom is 0.219 e. The topological polar surface area (TPSA) is 65.5 Å². The van der Waals surface area contributed by atoms with Crippen LogP contribution in [0.25, 0.3) is 0 Å². The minimum Gasteiger partial charge on any atom is -0.371 e. The first-order valence-electron chi connectivity index (χ1n) is 6.79. The molecule has 20 heavy (non-hydrogen) atoms. The Morgan fingerprint density at radius 1 is 1.50 bits per heavy atom. The van der Waals surface area contributed by atoms with Crippen molar-refractivity contribution >= 4 is 23.8 Å². The van der Waals surface area contributed by atoms with Gasteiger partial charge in [0.05, 0.1) is 5.69 Å². The van der Waals surface area contributed by atoms with E-state index in [0.29, 0.717) is 18.9 Å². The molecule has 1 aromatic rings. The number of rotatable bonds is 4. The monoisotopic (exact) mass is 276 g/mol. The van der Waals surface area contributed by atoms with E-state index in [0.717, 1.165) is 24.9 Å². The van der Waals surface area contributed by atoms with Gasteiger partial charge < -0.3 is 15.1 Å². The number of amides is 2. The van der Waals surface area contributed by atoms with Crippen LogP contribution in [0.4, 0.5) is 11.5 Å². The second-order valence-electron chi connectivity index (χ2n) is 4.87. The highest BCUT2D eigenvalue weighted by Gasteiger charge is 2.27. The molecule has 2 heterocycles. The molecular weight excluding hydrogens is 256 g/mol. The van der Waals surface area contributed by atoms with Gasteiger partial charge in [-0.2, -0.15) is 0 Å². The molecule has 108 valence electrons. The van der Waals surface area contributed by atoms with E-state index < -0.39 is 0 Å². The zero-order chi connectivity index (χ0) is 14.5. The first-order valence-corrected chi connectivity index (χ1v) is 6.79. The highest BCUT2D eigenvalue weighted by atomic mass is 16.2. The van der Waals surface area contributed by atoms with Gasteiger partial charge in [0.2, 0.25) is 12.3 Å². The third-order valence-electron chi connectivity index (χ3n) is 3.72. The summed E-state index contributed by atoms with van der Waals surface area (Å²) in [6.07, 6.45) is 4.12. The molecule has 0 aliphatic carbocycles. The Morgan fingerprint density at radius 3 is 2.75 bits per heavy atom. The minimum atomic E-state index is 0.0957. The van der Waals surface area contributed by atoms with E-state index in [4.69, 9.17) is 0 Å². The molecule has 0 aromatic carbocycles. The zero-order valence-electron chi connectivity index (χ0n) is 11.9. The van der Waals surface area contributed by atoms with Gasteiger partial charge in [0.1, 0.15) is 5.82 Å². The number of piperidine rings is 1. The number of carbonyl (C=O) groups excluding carboxylic acids is 2. The largest absolute Gasteiger partial charge is 0.371 e. The first-order chi connectivity index (χ1) is 9.67. The third-order valence-corrected chi connectivity index (χ3v) is 3.72. The Kier molecular flexibility index (Phi) is 4.55. The van der Waals surface area contributed by atoms with Gasteiger partial charge in [-0.1, -0.05) is 0 Å². The molecule has 1 N–H and O–H groups in total. The molecule has 0 saturated carbocycles. The Balaban J connectivity index is 2.13. The maximum atomic E-state index is 11.5. The van der Waals surface area contributed by atoms with E-state index in [1.54, 1.807) is 25.1 Å². The van der Waals surface area contributed by atoms with Gasteiger partial charge >= 0.3 is 0 Å². The van der Waals surface area contributed by atoms with Gasteiger partial charge in [-0.05, 0) is 25.0 Å². The van der Waals surface area contributed by atoms with Gasteiger partial charge in [-0.3, -0.25) is 9.59 Å². The van der Waals surface area contributed by atoms with Gasteiger partial charge in [0.25, 0.3) is 0 Å². The average Bonchev–Trinajstić information content (AvgIpc) is 2.49. The van der Waals surface area contributed by atoms with Crippen molar-refractivity contribution in [3.05, 3.63) is 18.3 Å². The van der Waals surface area contributed by atoms with Crippen LogP contribution in [0.15, 0.2) is 18.3 Å². The molecule has 0 bridgehead atoms. The van der Waals surface area contributed by atoms with Crippen molar-refractivity contribution in [2.75, 3.05) is 30.4 Å². The van der Waals surface area contributed by atoms with E-state index in [1.807, 2.05) is 17.0 Å². The van der Waals surface area contributed by atoms with E-state index in [-0.39, 0.29) is 11.9 Å². The van der Waals surface area contributed by atoms with E-state index in [2.05, 4.69) is 10.3 Å². The van der Waals surface area contributed by atoms with Crippen molar-refractivity contribution in [1.29, 1.82) is 0 Å². The summed E-state index contributed by atoms with van der Waals surface area (Å²) < 4.78 is 0. The number of hydrogen-bond donors (Lipinski definition) is 1. The number of likely N-dealkylation sites (tertiary alicyclic amines) is 1. The molecule has 0 atom stereocenters. The molecule has 1 fully saturated rings. The van der Waals surface area contributed by atoms with E-state index in [9.17, 15) is 9.59 Å². The number of nitrogens with zero attached hydrogens (tertiary/aromatic N) is 3. The lowest BCUT2D eigenvalue weighted by atomic mass is 10.0. The minimum absolute atomic E-state index is 0.0957. The Labute approximate surface area is 118 Å². The maximum absolute atomic E-state index is 11.5. The van der Waals surface area contributed by atoms with Crippen LogP contribution in [0.5, 0.6) is 0 Å². The molecule has 1 aliphatic heterocycles. The van der Waals surface area contributed by atoms with Crippen LogP contribution in [0.2, 0.25) is 0 Å². The SMILES string of the molecule is CNc1ncccc1N(C=O)C1CCN(C(C)=O)CC1. The van der Waals surface area contributed by atoms with E-state index in [1.165, 1.54) is 0 Å². The lowest BCUT2D eigenvalue weighted by Crippen LogP contribution is -2.46. The number of aromatic nitrogens is 1. The normalized spacial score (nSPS) is 15.8. The molecule has 0 radical (unpaired) electrons. The van der Waals surface area contributed by atoms with Gasteiger partial charge in [-0.15, -0.1) is 0 Å². The Morgan fingerprint density at radius 2 is 2.20 bits per heavy atom. The summed E-state index contributed by atoms with van der Waals surface area (Å²) in [6, 6.07) is 3.81. The third kappa shape index (κ3) is 2.89. The molecular formula is C14H20N4O2. The van der Waals surface area contributed by atoms with Crippen LogP contribution >= 0.6 is 0 Å². The summed E-state index contributed by atoms with van der Waals surface area (Å²) >= 11 is 0. The summed E-state index contributed by atoms with van der Waals surface area (Å²) in [4.78, 5) is 30.6. The smallest absolute Gasteiger partial charge is 0.219 e. The number of hydrogen-bond acceptors (Lipinski definition) is 4. The number of pyridine rings is 1. The van der Waals surface area contributed by atoms with Crippen molar-refractivity contribution in [3.8, 4) is 0 Å². The highest BCUT2D eigenvalue weighted by Crippen LogP contribution is 2.27. The fourth-order valence-electron chi connectivity index (χ4n) is 2.60. The van der Waals surface area contributed by atoms with Crippen LogP contribution in [0, 0.1) is 0 Å². The van der Waals surface area contributed by atoms with Crippen LogP contribution in [-0.2, 0) is 9.59 Å². The zero-order valence-corrected chi connectivity index (χ0v) is 11.9. The standard InChI is InChI=1S/C14H20N4O2/c1-11(20)17-8-5-12(6-9-17)18(10-19)13-4-3-7-16-14(13)15-2/h3-4,7,10,12H,5-6,8-9H2,1-2H3,(H,15,16). The van der Waals surface area contributed by atoms with Crippen LogP contribution < -0.4 is 10.2 Å². The quantitative estimate of drug-likeness (QED) is 0.836. The first kappa shape index (κ1) is 14.3. The number of anilines is 2. The van der Waals surface area contributed by atoms with Crippen LogP contribution in [0.1, 0.15) is 19.8 Å². The number of nitrogens with one attached hydrogen (secondary N) is 1. The van der Waals surface area contributed by atoms with Crippen molar-refractivity contribution in [1.82, 2.24) is 9.88 Å². The molecule has 0 spiro atoms. The van der Waals surface area contributed by atoms with Crippen molar-refractivity contribution in [2.45, 2.75) is 25.8 Å². The van der Waals surface area contributed by atoms with Gasteiger partial charge in [0, 0.05) is 39.3 Å². The lowest BCUT2D eigenvalue weighted by molar-refractivity contribution is -0.129. The fraction of sp³-hybridized carbons (Fsp3) is 0.500. The van der Waals surface area contributed by atoms with Crippen LogP contribution in [-0.4, -0.2) is 48.4 Å². The molecule has 6 heteroatoms. The fourth-order valence-corrected chi connectivity index (χ4v) is 2.60. The van der Waals surface area contributed by atoms with Gasteiger partial charge in [-0.25, -0.2) is 4.98 Å². The van der Waals surface area contributed by atoms with Crippen LogP contribution in [0.3, 0.4) is 0 Å².